The zero-order valence-electron chi connectivity index (χ0n) is 17.7. The predicted octanol–water partition coefficient (Wildman–Crippen LogP) is 2.45. The number of amides is 1. The van der Waals surface area contributed by atoms with Crippen LogP contribution in [0.3, 0.4) is 0 Å². The van der Waals surface area contributed by atoms with Gasteiger partial charge in [-0.25, -0.2) is 9.37 Å². The summed E-state index contributed by atoms with van der Waals surface area (Å²) >= 11 is 0. The number of likely N-dealkylation sites (tertiary alicyclic amines) is 2. The third kappa shape index (κ3) is 3.55. The summed E-state index contributed by atoms with van der Waals surface area (Å²) in [6.07, 6.45) is 3.74. The van der Waals surface area contributed by atoms with E-state index in [1.165, 1.54) is 6.07 Å². The van der Waals surface area contributed by atoms with E-state index >= 15 is 0 Å². The molecule has 31 heavy (non-hydrogen) atoms. The van der Waals surface area contributed by atoms with Gasteiger partial charge < -0.3 is 25.3 Å². The van der Waals surface area contributed by atoms with Crippen LogP contribution in [0.2, 0.25) is 0 Å². The molecule has 1 spiro atoms. The zero-order valence-corrected chi connectivity index (χ0v) is 17.7. The molecular weight excluding hydrogens is 397 g/mol. The first-order chi connectivity index (χ1) is 14.8. The number of aryl methyl sites for hydroxylation is 1. The summed E-state index contributed by atoms with van der Waals surface area (Å²) in [6, 6.07) is 5.77. The number of halogens is 1. The molecule has 162 valence electrons. The molecule has 1 aromatic carbocycles. The van der Waals surface area contributed by atoms with E-state index in [4.69, 9.17) is 10.5 Å². The number of H-pyrrole nitrogens is 1. The number of aromatic amines is 1. The van der Waals surface area contributed by atoms with Gasteiger partial charge in [0.1, 0.15) is 11.4 Å². The summed E-state index contributed by atoms with van der Waals surface area (Å²) in [5.41, 5.74) is 8.75. The van der Waals surface area contributed by atoms with E-state index < -0.39 is 11.9 Å². The monoisotopic (exact) mass is 423 g/mol. The highest BCUT2D eigenvalue weighted by atomic mass is 19.1. The van der Waals surface area contributed by atoms with Gasteiger partial charge in [-0.05, 0) is 49.7 Å². The fourth-order valence-corrected chi connectivity index (χ4v) is 4.93. The van der Waals surface area contributed by atoms with Gasteiger partial charge >= 0.3 is 0 Å². The molecule has 8 heteroatoms. The Bertz CT molecular complexity index is 1150. The van der Waals surface area contributed by atoms with Crippen molar-refractivity contribution < 1.29 is 13.9 Å². The minimum absolute atomic E-state index is 0.0666. The minimum atomic E-state index is -0.677. The smallest absolute Gasteiger partial charge is 0.239 e. The highest BCUT2D eigenvalue weighted by Crippen LogP contribution is 2.39. The van der Waals surface area contributed by atoms with Gasteiger partial charge in [0, 0.05) is 44.0 Å². The first kappa shape index (κ1) is 20.0. The van der Waals surface area contributed by atoms with Gasteiger partial charge in [-0.15, -0.1) is 0 Å². The number of rotatable bonds is 5. The van der Waals surface area contributed by atoms with Gasteiger partial charge in [-0.2, -0.15) is 0 Å². The number of hydrogen-bond donors (Lipinski definition) is 2. The van der Waals surface area contributed by atoms with Crippen LogP contribution in [0.25, 0.3) is 11.0 Å². The van der Waals surface area contributed by atoms with E-state index in [0.29, 0.717) is 17.0 Å². The summed E-state index contributed by atoms with van der Waals surface area (Å²) < 4.78 is 20.6. The van der Waals surface area contributed by atoms with Crippen LogP contribution in [0.4, 0.5) is 4.39 Å². The molecule has 3 aromatic rings. The molecule has 0 saturated carbocycles. The third-order valence-corrected chi connectivity index (χ3v) is 6.30. The van der Waals surface area contributed by atoms with E-state index in [9.17, 15) is 9.18 Å². The lowest BCUT2D eigenvalue weighted by atomic mass is 9.73. The van der Waals surface area contributed by atoms with Gasteiger partial charge in [0.15, 0.2) is 11.6 Å². The number of carbonyl (C=O) groups is 1. The fraction of sp³-hybridized carbons (Fsp3) is 0.391. The summed E-state index contributed by atoms with van der Waals surface area (Å²) in [7, 11) is 2.08. The quantitative estimate of drug-likeness (QED) is 0.658. The Balaban J connectivity index is 1.24. The Labute approximate surface area is 180 Å². The Kier molecular flexibility index (Phi) is 4.71. The molecule has 2 fully saturated rings. The van der Waals surface area contributed by atoms with Crippen molar-refractivity contribution in [1.82, 2.24) is 19.8 Å². The largest absolute Gasteiger partial charge is 0.453 e. The number of nitrogens with zero attached hydrogens (tertiary/aromatic N) is 3. The van der Waals surface area contributed by atoms with E-state index in [1.807, 2.05) is 18.0 Å². The Morgan fingerprint density at radius 3 is 2.77 bits per heavy atom. The molecule has 4 heterocycles. The molecule has 2 saturated heterocycles. The number of hydrogen-bond acceptors (Lipinski definition) is 5. The number of ether oxygens (including phenoxy) is 1. The topological polar surface area (TPSA) is 87.5 Å². The van der Waals surface area contributed by atoms with Gasteiger partial charge in [0.05, 0.1) is 11.4 Å². The molecule has 0 radical (unpaired) electrons. The molecule has 2 aromatic heterocycles. The molecule has 0 aliphatic carbocycles. The van der Waals surface area contributed by atoms with Crippen molar-refractivity contribution in [2.45, 2.75) is 19.4 Å². The Morgan fingerprint density at radius 2 is 2.06 bits per heavy atom. The maximum atomic E-state index is 14.8. The van der Waals surface area contributed by atoms with Crippen LogP contribution in [0.15, 0.2) is 36.7 Å². The number of nitrogens with two attached hydrogens (primary N) is 1. The van der Waals surface area contributed by atoms with Crippen molar-refractivity contribution in [1.29, 1.82) is 0 Å². The van der Waals surface area contributed by atoms with Gasteiger partial charge in [-0.3, -0.25) is 4.79 Å². The van der Waals surface area contributed by atoms with Crippen molar-refractivity contribution in [3.8, 4) is 11.5 Å². The van der Waals surface area contributed by atoms with Crippen LogP contribution in [-0.4, -0.2) is 64.9 Å². The molecule has 3 N–H and O–H groups in total. The number of fused-ring (bicyclic) bond motifs is 1. The van der Waals surface area contributed by atoms with Crippen molar-refractivity contribution in [2.24, 2.45) is 11.1 Å². The zero-order chi connectivity index (χ0) is 21.8. The van der Waals surface area contributed by atoms with Crippen molar-refractivity contribution in [3.63, 3.8) is 0 Å². The lowest BCUT2D eigenvalue weighted by molar-refractivity contribution is -0.157. The maximum Gasteiger partial charge on any atom is 0.239 e. The lowest BCUT2D eigenvalue weighted by Crippen LogP contribution is -2.73. The third-order valence-electron chi connectivity index (χ3n) is 6.30. The maximum absolute atomic E-state index is 14.8. The molecule has 5 rings (SSSR count). The SMILES string of the molecule is Cc1c[nH]c2nccc(Oc3ccc(CC(N)C(=O)N4CC5(CN(C)C5)C4)cc3F)c12. The van der Waals surface area contributed by atoms with E-state index in [2.05, 4.69) is 21.9 Å². The molecule has 1 unspecified atom stereocenters. The Hall–Kier alpha value is -2.97. The molecule has 7 nitrogen and oxygen atoms in total. The van der Waals surface area contributed by atoms with E-state index in [0.717, 1.165) is 37.1 Å². The molecular formula is C23H26FN5O2. The van der Waals surface area contributed by atoms with Crippen molar-refractivity contribution in [2.75, 3.05) is 33.2 Å². The molecule has 2 aliphatic rings. The normalized spacial score (nSPS) is 18.6. The molecule has 0 bridgehead atoms. The minimum Gasteiger partial charge on any atom is -0.453 e. The number of nitrogens with one attached hydrogen (secondary N) is 1. The van der Waals surface area contributed by atoms with Crippen LogP contribution in [0, 0.1) is 18.2 Å². The van der Waals surface area contributed by atoms with Gasteiger partial charge in [0.25, 0.3) is 0 Å². The van der Waals surface area contributed by atoms with Crippen LogP contribution in [-0.2, 0) is 11.2 Å². The van der Waals surface area contributed by atoms with Crippen molar-refractivity contribution in [3.05, 3.63) is 53.6 Å². The van der Waals surface area contributed by atoms with Crippen molar-refractivity contribution >= 4 is 16.9 Å². The first-order valence-corrected chi connectivity index (χ1v) is 10.5. The predicted molar refractivity (Wildman–Crippen MR) is 115 cm³/mol. The summed E-state index contributed by atoms with van der Waals surface area (Å²) in [6.45, 7) is 5.54. The average Bonchev–Trinajstić information content (AvgIpc) is 3.07. The number of pyridine rings is 1. The van der Waals surface area contributed by atoms with Crippen LogP contribution >= 0.6 is 0 Å². The number of benzene rings is 1. The summed E-state index contributed by atoms with van der Waals surface area (Å²) in [4.78, 5) is 24.0. The average molecular weight is 423 g/mol. The molecule has 2 aliphatic heterocycles. The number of carbonyl (C=O) groups excluding carboxylic acids is 1. The second-order valence-corrected chi connectivity index (χ2v) is 9.05. The summed E-state index contributed by atoms with van der Waals surface area (Å²) in [5, 5.41) is 0.823. The molecule has 1 atom stereocenters. The number of aromatic nitrogens is 2. The van der Waals surface area contributed by atoms with Crippen LogP contribution < -0.4 is 10.5 Å². The van der Waals surface area contributed by atoms with E-state index in [1.54, 1.807) is 24.4 Å². The highest BCUT2D eigenvalue weighted by molar-refractivity contribution is 5.86. The second kappa shape index (κ2) is 7.32. The van der Waals surface area contributed by atoms with Crippen LogP contribution in [0.5, 0.6) is 11.5 Å². The molecule has 1 amide bonds. The van der Waals surface area contributed by atoms with Crippen LogP contribution in [0.1, 0.15) is 11.1 Å². The lowest BCUT2D eigenvalue weighted by Gasteiger charge is -2.59. The van der Waals surface area contributed by atoms with Gasteiger partial charge in [0.2, 0.25) is 5.91 Å². The van der Waals surface area contributed by atoms with Gasteiger partial charge in [-0.1, -0.05) is 6.07 Å². The second-order valence-electron chi connectivity index (χ2n) is 9.05. The Morgan fingerprint density at radius 1 is 1.29 bits per heavy atom. The highest BCUT2D eigenvalue weighted by Gasteiger charge is 2.52. The summed E-state index contributed by atoms with van der Waals surface area (Å²) in [5.74, 6) is 0.102. The standard InChI is InChI=1S/C23H26FN5O2/c1-14-9-27-21-20(14)19(5-6-26-21)31-18-4-3-15(7-16(18)24)8-17(25)22(30)29-12-23(13-29)10-28(2)11-23/h3-7,9,17H,8,10-13,25H2,1-2H3,(H,26,27). The van der Waals surface area contributed by atoms with E-state index in [-0.39, 0.29) is 23.5 Å². The fourth-order valence-electron chi connectivity index (χ4n) is 4.93. The first-order valence-electron chi connectivity index (χ1n) is 10.5.